The van der Waals surface area contributed by atoms with E-state index in [4.69, 9.17) is 18.9 Å². The summed E-state index contributed by atoms with van der Waals surface area (Å²) in [5, 5.41) is 3.30. The van der Waals surface area contributed by atoms with Crippen molar-refractivity contribution in [3.63, 3.8) is 0 Å². The average Bonchev–Trinajstić information content (AvgIpc) is 0.761. The molecule has 0 saturated carbocycles. The molecule has 2 rings (SSSR count). The van der Waals surface area contributed by atoms with E-state index in [2.05, 4.69) is 66.9 Å². The third-order valence-corrected chi connectivity index (χ3v) is 20.9. The van der Waals surface area contributed by atoms with Crippen molar-refractivity contribution in [2.75, 3.05) is 39.5 Å². The van der Waals surface area contributed by atoms with Gasteiger partial charge in [0.05, 0.1) is 26.4 Å². The number of unbranched alkanes of at least 4 members (excludes halogenated alkanes) is 9. The SMILES string of the molecule is O=C(NCCCCCCCCCCCCNC(=O)C(OS(=O)(=O)[O-])C(OS(=O)(=O)[O-])[C@@H](O[C@@H]1O[C@H](COS(=O)(=O)[O-])[C@H](OS(=O)(=O)[O-])[C@H](OS(=O)(=O)[O-])[C@H]1OS(=O)(=O)[O-])C(COS(=O)(=O)[O-])OS(=O)(=O)[O-])C(OS(=O)(=O)[O-])C(OS(=O)(=O)[O-])C(O[C@H]1O[C@@H](COS(=O)(=O)[O-])[C@@H](OS(=O)(=O)[O-])[C@@H](OS(=O)(=O)[O-])[C@@H]1OS(=O)(=O)[O-])C(COS(=O)(=O)[O-])OS(=O)(=O)[O-].[Na+].[Na+].[Na+].[Na+].[Na+].[Na+].[Na+].[Na+].[Na+].[Na+].[Na+].[Na+].[Na+].[Na+].[Na+].[Na+]. The Labute approximate surface area is 1160 Å². The molecule has 0 aliphatic carbocycles. The van der Waals surface area contributed by atoms with Gasteiger partial charge in [0.15, 0.2) is 37.0 Å². The predicted molar refractivity (Wildman–Crippen MR) is 337 cm³/mol. The second-order valence-electron chi connectivity index (χ2n) is 22.9. The molecule has 2 heterocycles. The van der Waals surface area contributed by atoms with Gasteiger partial charge in [0, 0.05) is 13.1 Å². The molecule has 2 aliphatic heterocycles. The van der Waals surface area contributed by atoms with E-state index in [1.54, 1.807) is 10.6 Å². The van der Waals surface area contributed by atoms with Crippen LogP contribution in [0.2, 0.25) is 0 Å². The van der Waals surface area contributed by atoms with Crippen LogP contribution in [0.1, 0.15) is 64.2 Å². The number of hydrogen-bond donors (Lipinski definition) is 2. The summed E-state index contributed by atoms with van der Waals surface area (Å²) in [5.41, 5.74) is 0. The van der Waals surface area contributed by atoms with Crippen LogP contribution in [0.3, 0.4) is 0 Å². The number of hydrogen-bond acceptors (Lipinski definition) is 70. The van der Waals surface area contributed by atoms with Gasteiger partial charge in [0.1, 0.15) is 73.2 Å². The summed E-state index contributed by atoms with van der Waals surface area (Å²) in [4.78, 5) is 27.7. The van der Waals surface area contributed by atoms with Crippen LogP contribution in [-0.2, 0) is 262 Å². The van der Waals surface area contributed by atoms with Gasteiger partial charge in [-0.2, -0.15) is 0 Å². The minimum absolute atomic E-state index is 0. The smallest absolute Gasteiger partial charge is 0.726 e. The first kappa shape index (κ1) is 185. The number of carbonyl (C=O) groups excluding carboxylic acids is 2. The molecule has 0 spiro atoms. The van der Waals surface area contributed by atoms with Crippen LogP contribution in [-0.4, -0.2) is 369 Å². The van der Waals surface area contributed by atoms with Gasteiger partial charge >= 0.3 is 473 Å². The number of amides is 2. The molecular formula is C36H52N2Na16O70S16. The van der Waals surface area contributed by atoms with Crippen molar-refractivity contribution in [2.24, 2.45) is 0 Å². The molecule has 0 aromatic carbocycles. The van der Waals surface area contributed by atoms with Crippen LogP contribution in [0.25, 0.3) is 0 Å². The molecule has 0 aromatic rings. The van der Waals surface area contributed by atoms with Gasteiger partial charge in [-0.3, -0.25) is 76.5 Å². The maximum absolute atomic E-state index is 13.8. The Morgan fingerprint density at radius 1 is 0.229 bits per heavy atom. The van der Waals surface area contributed by atoms with Crippen molar-refractivity contribution in [1.29, 1.82) is 0 Å². The van der Waals surface area contributed by atoms with Crippen molar-refractivity contribution >= 4 is 178 Å². The summed E-state index contributed by atoms with van der Waals surface area (Å²) in [6.07, 6.45) is -70.7. The van der Waals surface area contributed by atoms with Crippen LogP contribution in [0.5, 0.6) is 0 Å². The van der Waals surface area contributed by atoms with Crippen molar-refractivity contribution in [3.05, 3.63) is 0 Å². The molecule has 0 bridgehead atoms. The molecule has 738 valence electrons. The Hall–Kier alpha value is 12.7. The molecule has 18 atom stereocenters. The third-order valence-electron chi connectivity index (χ3n) is 13.7. The molecule has 2 saturated heterocycles. The standard InChI is InChI=1S/C36H68N2O70S16.16Na/c39-33(29(105-121(77,78)79)25(101-117(65,66)67)21(19(97-113(53,54)55)15-91-111(47,48)49)95-35-31(107-123(83,84)85)27(103-119(71,72)73)23(99-115(59,60)61)17(93-35)13-89-109(41,42)43)37-11-9-7-5-3-1-2-4-6-8-10-12-38-34(40)30(106-122(80,81)82)26(102-118(68,69)70)22(20(98-114(56,57)58)16-92-112(50,51)52)96-36-32(108-124(86,87)88)28(104-120(74,75)76)24(100-116(62,63)64)18(94-36)14-90-110(44,45)46;;;;;;;;;;;;;;;;/h17-32,35-36H,1-16H2,(H,37,39)(H,38,40)(H,41,42,43)(H,44,45,46)(H,47,48,49)(H,50,51,52)(H,53,54,55)(H,56,57,58)(H,59,60,61)(H,62,63,64)(H,65,66,67)(H,68,69,70)(H,71,72,73)(H,74,75,76)(H,77,78,79)(H,80,81,82)(H,83,84,85)(H,86,87,88);;;;;;;;;;;;;;;;/q;16*+1/p-16/t17-,18+,19?,20?,21+,22?,23+,24-,25?,26?,27+,28-,29?,30?,31-,32+,35+,36-;;;;;;;;;;;;;;;;/m1................/s1. The molecule has 2 N–H and O–H groups in total. The Morgan fingerprint density at radius 2 is 0.421 bits per heavy atom. The van der Waals surface area contributed by atoms with Gasteiger partial charge in [0.2, 0.25) is 166 Å². The van der Waals surface area contributed by atoms with Crippen LogP contribution >= 0.6 is 0 Å². The van der Waals surface area contributed by atoms with Gasteiger partial charge in [-0.05, 0) is 12.8 Å². The van der Waals surface area contributed by atoms with Crippen LogP contribution in [0.4, 0.5) is 0 Å². The van der Waals surface area contributed by atoms with Crippen molar-refractivity contribution < 1.29 is 776 Å². The predicted octanol–water partition coefficient (Wildman–Crippen LogP) is -64.5. The molecule has 2 aliphatic rings. The van der Waals surface area contributed by atoms with E-state index in [9.17, 15) is 217 Å². The fraction of sp³-hybridized carbons (Fsp3) is 0.944. The minimum Gasteiger partial charge on any atom is -0.726 e. The molecule has 104 heteroatoms. The molecule has 7 unspecified atom stereocenters. The molecule has 0 aromatic heterocycles. The van der Waals surface area contributed by atoms with Crippen molar-refractivity contribution in [3.8, 4) is 0 Å². The third kappa shape index (κ3) is 90.0. The Balaban J connectivity index is -0.000000751. The van der Waals surface area contributed by atoms with E-state index in [1.807, 2.05) is 0 Å². The summed E-state index contributed by atoms with van der Waals surface area (Å²) in [7, 11) is -107. The number of ether oxygens (including phenoxy) is 4. The van der Waals surface area contributed by atoms with E-state index in [1.165, 1.54) is 0 Å². The van der Waals surface area contributed by atoms with Gasteiger partial charge in [-0.25, -0.2) is 135 Å². The number of rotatable bonds is 61. The van der Waals surface area contributed by atoms with Crippen molar-refractivity contribution in [2.45, 2.75) is 174 Å². The minimum atomic E-state index is -7.00. The van der Waals surface area contributed by atoms with Gasteiger partial charge in [-0.15, -0.1) is 0 Å². The van der Waals surface area contributed by atoms with Gasteiger partial charge in [-0.1, -0.05) is 51.4 Å². The average molecular weight is 2510 g/mol. The zero-order valence-corrected chi connectivity index (χ0v) is 120. The Bertz CT molecular complexity index is 5280. The van der Waals surface area contributed by atoms with E-state index >= 15 is 0 Å². The largest absolute Gasteiger partial charge is 1.00 e. The maximum atomic E-state index is 13.8. The molecule has 2 fully saturated rings. The Morgan fingerprint density at radius 3 is 0.614 bits per heavy atom. The van der Waals surface area contributed by atoms with Gasteiger partial charge in [0.25, 0.3) is 11.8 Å². The zero-order chi connectivity index (χ0) is 96.4. The topological polar surface area (TPSA) is 1160 Å². The zero-order valence-electron chi connectivity index (χ0n) is 74.8. The van der Waals surface area contributed by atoms with E-state index < -0.39 is 341 Å². The Kier molecular flexibility index (Phi) is 107. The first-order valence-corrected chi connectivity index (χ1v) is 51.9. The van der Waals surface area contributed by atoms with Gasteiger partial charge < -0.3 is 102 Å². The number of carbonyl (C=O) groups is 2. The summed E-state index contributed by atoms with van der Waals surface area (Å²) in [5.74, 6) is -4.83. The second kappa shape index (κ2) is 80.6. The van der Waals surface area contributed by atoms with E-state index in [0.717, 1.165) is 0 Å². The molecule has 72 nitrogen and oxygen atoms in total. The molecule has 140 heavy (non-hydrogen) atoms. The van der Waals surface area contributed by atoms with Crippen molar-refractivity contribution in [1.82, 2.24) is 10.6 Å². The second-order valence-corrected chi connectivity index (χ2v) is 39.2. The maximum Gasteiger partial charge on any atom is 1.00 e. The van der Waals surface area contributed by atoms with Crippen LogP contribution in [0, 0.1) is 0 Å². The van der Waals surface area contributed by atoms with E-state index in [-0.39, 0.29) is 524 Å². The summed E-state index contributed by atoms with van der Waals surface area (Å²) >= 11 is 0. The first-order chi connectivity index (χ1) is 55.3. The molecule has 2 amide bonds. The quantitative estimate of drug-likeness (QED) is 0.0247. The summed E-state index contributed by atoms with van der Waals surface area (Å²) in [6, 6.07) is 0. The first-order valence-electron chi connectivity index (χ1n) is 30.5. The normalized spacial score (nSPS) is 20.7. The fourth-order valence-corrected chi connectivity index (χ4v) is 16.8. The number of nitrogens with one attached hydrogen (secondary N) is 2. The molecule has 0 radical (unpaired) electrons. The van der Waals surface area contributed by atoms with E-state index in [0.29, 0.717) is 0 Å². The summed E-state index contributed by atoms with van der Waals surface area (Å²) < 4.78 is 655. The van der Waals surface area contributed by atoms with Crippen LogP contribution in [0.15, 0.2) is 0 Å². The fourth-order valence-electron chi connectivity index (χ4n) is 9.90. The summed E-state index contributed by atoms with van der Waals surface area (Å²) in [6.45, 7) is -11.9. The monoisotopic (exact) mass is 2510 g/mol. The molecular weight excluding hydrogens is 2460 g/mol. The van der Waals surface area contributed by atoms with Crippen LogP contribution < -0.4 is 484 Å².